The molecular formula is C26H28N4O6. The fourth-order valence-electron chi connectivity index (χ4n) is 4.91. The number of anilines is 4. The minimum atomic E-state index is -0.398. The first-order chi connectivity index (χ1) is 17.5. The molecule has 0 spiro atoms. The van der Waals surface area contributed by atoms with E-state index in [2.05, 4.69) is 10.6 Å². The Labute approximate surface area is 208 Å². The highest BCUT2D eigenvalue weighted by molar-refractivity contribution is 5.97. The molecule has 10 heteroatoms. The predicted molar refractivity (Wildman–Crippen MR) is 133 cm³/mol. The van der Waals surface area contributed by atoms with Crippen LogP contribution in [0.5, 0.6) is 0 Å². The molecule has 0 aromatic heterocycles. The fraction of sp³-hybridized carbons (Fsp3) is 0.385. The summed E-state index contributed by atoms with van der Waals surface area (Å²) in [5.74, 6) is -0.854. The standard InChI is InChI=1S/C26H28N4O6/c31-23(27-19-6-2-8-21(15-19)29-10-12-35-25(29)33)17-4-1-5-18(14-17)24(32)28-20-7-3-9-22(16-20)30-11-13-36-26(30)34/h2-3,6-9,15-18H,1,4-5,10-14H2,(H,27,31)(H,28,32). The van der Waals surface area contributed by atoms with E-state index < -0.39 is 12.2 Å². The molecule has 5 rings (SSSR count). The van der Waals surface area contributed by atoms with Crippen molar-refractivity contribution < 1.29 is 28.7 Å². The van der Waals surface area contributed by atoms with Crippen molar-refractivity contribution in [3.8, 4) is 0 Å². The molecule has 3 aliphatic rings. The molecule has 0 bridgehead atoms. The Morgan fingerprint density at radius 3 is 1.64 bits per heavy atom. The lowest BCUT2D eigenvalue weighted by atomic mass is 9.80. The third-order valence-electron chi connectivity index (χ3n) is 6.79. The molecule has 2 heterocycles. The Morgan fingerprint density at radius 1 is 0.750 bits per heavy atom. The van der Waals surface area contributed by atoms with Crippen LogP contribution in [0, 0.1) is 11.8 Å². The molecule has 4 amide bonds. The lowest BCUT2D eigenvalue weighted by molar-refractivity contribution is -0.124. The van der Waals surface area contributed by atoms with Crippen LogP contribution in [0.15, 0.2) is 48.5 Å². The van der Waals surface area contributed by atoms with Gasteiger partial charge in [0.2, 0.25) is 11.8 Å². The lowest BCUT2D eigenvalue weighted by Gasteiger charge is -2.28. The number of ether oxygens (including phenoxy) is 2. The average Bonchev–Trinajstić information content (AvgIpc) is 3.52. The summed E-state index contributed by atoms with van der Waals surface area (Å²) >= 11 is 0. The second kappa shape index (κ2) is 10.3. The molecule has 2 aromatic rings. The van der Waals surface area contributed by atoms with E-state index in [0.717, 1.165) is 6.42 Å². The third-order valence-corrected chi connectivity index (χ3v) is 6.79. The zero-order valence-electron chi connectivity index (χ0n) is 19.8. The highest BCUT2D eigenvalue weighted by atomic mass is 16.6. The van der Waals surface area contributed by atoms with Gasteiger partial charge >= 0.3 is 12.2 Å². The topological polar surface area (TPSA) is 117 Å². The first-order valence-corrected chi connectivity index (χ1v) is 12.2. The average molecular weight is 493 g/mol. The summed E-state index contributed by atoms with van der Waals surface area (Å²) in [5.41, 5.74) is 2.53. The molecule has 36 heavy (non-hydrogen) atoms. The Bertz CT molecular complexity index is 1100. The van der Waals surface area contributed by atoms with Crippen molar-refractivity contribution in [3.63, 3.8) is 0 Å². The van der Waals surface area contributed by atoms with E-state index in [1.807, 2.05) is 0 Å². The van der Waals surface area contributed by atoms with Crippen LogP contribution in [-0.2, 0) is 19.1 Å². The Balaban J connectivity index is 1.19. The first-order valence-electron chi connectivity index (χ1n) is 12.2. The Kier molecular flexibility index (Phi) is 6.75. The van der Waals surface area contributed by atoms with E-state index in [1.54, 1.807) is 48.5 Å². The van der Waals surface area contributed by atoms with Crippen molar-refractivity contribution in [2.75, 3.05) is 46.7 Å². The zero-order chi connectivity index (χ0) is 25.1. The third kappa shape index (κ3) is 5.12. The zero-order valence-corrected chi connectivity index (χ0v) is 19.8. The quantitative estimate of drug-likeness (QED) is 0.630. The van der Waals surface area contributed by atoms with Gasteiger partial charge in [-0.25, -0.2) is 9.59 Å². The van der Waals surface area contributed by atoms with Crippen LogP contribution in [0.25, 0.3) is 0 Å². The van der Waals surface area contributed by atoms with Gasteiger partial charge in [-0.15, -0.1) is 0 Å². The van der Waals surface area contributed by atoms with Crippen LogP contribution in [0.2, 0.25) is 0 Å². The summed E-state index contributed by atoms with van der Waals surface area (Å²) in [7, 11) is 0. The van der Waals surface area contributed by atoms with Crippen LogP contribution in [0.4, 0.5) is 32.3 Å². The van der Waals surface area contributed by atoms with Crippen molar-refractivity contribution in [1.82, 2.24) is 0 Å². The molecule has 2 saturated heterocycles. The number of carbonyl (C=O) groups excluding carboxylic acids is 4. The minimum Gasteiger partial charge on any atom is -0.447 e. The number of amides is 4. The summed E-state index contributed by atoms with van der Waals surface area (Å²) in [4.78, 5) is 52.8. The lowest BCUT2D eigenvalue weighted by Crippen LogP contribution is -2.33. The number of nitrogens with zero attached hydrogens (tertiary/aromatic N) is 2. The molecule has 1 aliphatic carbocycles. The molecule has 2 unspecified atom stereocenters. The normalized spacial score (nSPS) is 21.7. The van der Waals surface area contributed by atoms with Gasteiger partial charge in [-0.1, -0.05) is 18.6 Å². The molecule has 0 radical (unpaired) electrons. The largest absolute Gasteiger partial charge is 0.447 e. The van der Waals surface area contributed by atoms with E-state index in [4.69, 9.17) is 9.47 Å². The van der Waals surface area contributed by atoms with Crippen molar-refractivity contribution in [3.05, 3.63) is 48.5 Å². The van der Waals surface area contributed by atoms with E-state index in [0.29, 0.717) is 68.3 Å². The second-order valence-electron chi connectivity index (χ2n) is 9.17. The molecular weight excluding hydrogens is 464 g/mol. The number of nitrogens with one attached hydrogen (secondary N) is 2. The van der Waals surface area contributed by atoms with Crippen LogP contribution in [-0.4, -0.2) is 50.3 Å². The number of rotatable bonds is 6. The van der Waals surface area contributed by atoms with Crippen LogP contribution < -0.4 is 20.4 Å². The molecule has 2 aromatic carbocycles. The monoisotopic (exact) mass is 492 g/mol. The Morgan fingerprint density at radius 2 is 1.22 bits per heavy atom. The smallest absolute Gasteiger partial charge is 0.414 e. The summed E-state index contributed by atoms with van der Waals surface area (Å²) < 4.78 is 9.98. The maximum absolute atomic E-state index is 13.0. The van der Waals surface area contributed by atoms with Crippen LogP contribution in [0.1, 0.15) is 25.7 Å². The van der Waals surface area contributed by atoms with Gasteiger partial charge in [0.25, 0.3) is 0 Å². The number of cyclic esters (lactones) is 2. The summed E-state index contributed by atoms with van der Waals surface area (Å²) in [6, 6.07) is 14.2. The fourth-order valence-corrected chi connectivity index (χ4v) is 4.91. The summed E-state index contributed by atoms with van der Waals surface area (Å²) in [5, 5.41) is 5.89. The van der Waals surface area contributed by atoms with Crippen LogP contribution >= 0.6 is 0 Å². The molecule has 188 valence electrons. The number of hydrogen-bond acceptors (Lipinski definition) is 6. The molecule has 3 fully saturated rings. The highest BCUT2D eigenvalue weighted by Crippen LogP contribution is 2.32. The van der Waals surface area contributed by atoms with Gasteiger partial charge in [0.05, 0.1) is 13.1 Å². The number of carbonyl (C=O) groups is 4. The maximum atomic E-state index is 13.0. The molecule has 10 nitrogen and oxygen atoms in total. The highest BCUT2D eigenvalue weighted by Gasteiger charge is 2.32. The van der Waals surface area contributed by atoms with Gasteiger partial charge in [-0.3, -0.25) is 19.4 Å². The van der Waals surface area contributed by atoms with Crippen molar-refractivity contribution in [2.45, 2.75) is 25.7 Å². The van der Waals surface area contributed by atoms with Gasteiger partial charge in [-0.05, 0) is 55.7 Å². The predicted octanol–water partition coefficient (Wildman–Crippen LogP) is 3.98. The van der Waals surface area contributed by atoms with Gasteiger partial charge < -0.3 is 20.1 Å². The number of benzene rings is 2. The maximum Gasteiger partial charge on any atom is 0.414 e. The molecule has 2 aliphatic heterocycles. The van der Waals surface area contributed by atoms with Crippen molar-refractivity contribution in [2.24, 2.45) is 11.8 Å². The van der Waals surface area contributed by atoms with Crippen molar-refractivity contribution >= 4 is 46.8 Å². The van der Waals surface area contributed by atoms with E-state index in [9.17, 15) is 19.2 Å². The van der Waals surface area contributed by atoms with Crippen LogP contribution in [0.3, 0.4) is 0 Å². The number of hydrogen-bond donors (Lipinski definition) is 2. The summed E-state index contributed by atoms with van der Waals surface area (Å²) in [6.45, 7) is 1.63. The summed E-state index contributed by atoms with van der Waals surface area (Å²) in [6.07, 6.45) is 1.85. The van der Waals surface area contributed by atoms with Gasteiger partial charge in [0.1, 0.15) is 13.2 Å². The van der Waals surface area contributed by atoms with Gasteiger partial charge in [0.15, 0.2) is 0 Å². The van der Waals surface area contributed by atoms with E-state index in [-0.39, 0.29) is 23.7 Å². The van der Waals surface area contributed by atoms with Crippen molar-refractivity contribution in [1.29, 1.82) is 0 Å². The van der Waals surface area contributed by atoms with Gasteiger partial charge in [0, 0.05) is 34.6 Å². The molecule has 2 atom stereocenters. The van der Waals surface area contributed by atoms with E-state index >= 15 is 0 Å². The minimum absolute atomic E-state index is 0.136. The van der Waals surface area contributed by atoms with E-state index in [1.165, 1.54) is 9.80 Å². The molecule has 2 N–H and O–H groups in total. The van der Waals surface area contributed by atoms with Gasteiger partial charge in [-0.2, -0.15) is 0 Å². The first kappa shape index (κ1) is 23.7. The second-order valence-corrected chi connectivity index (χ2v) is 9.17. The molecule has 1 saturated carbocycles. The SMILES string of the molecule is O=C(Nc1cccc(N2CCOC2=O)c1)C1CCCC(C(=O)Nc2cccc(N3CCOC3=O)c2)C1. The Hall–Kier alpha value is -4.08.